The molecule has 1 aliphatic carbocycles. The fourth-order valence-electron chi connectivity index (χ4n) is 4.48. The van der Waals surface area contributed by atoms with Gasteiger partial charge in [0.2, 0.25) is 0 Å². The highest BCUT2D eigenvalue weighted by atomic mass is 16.5. The van der Waals surface area contributed by atoms with Crippen LogP contribution in [0.15, 0.2) is 42.5 Å². The van der Waals surface area contributed by atoms with Crippen molar-refractivity contribution in [2.75, 3.05) is 25.1 Å². The lowest BCUT2D eigenvalue weighted by Gasteiger charge is -2.31. The van der Waals surface area contributed by atoms with Crippen LogP contribution in [0.1, 0.15) is 55.3 Å². The molecule has 0 amide bonds. The van der Waals surface area contributed by atoms with Gasteiger partial charge in [-0.3, -0.25) is 5.84 Å². The van der Waals surface area contributed by atoms with Crippen molar-refractivity contribution in [1.29, 1.82) is 0 Å². The number of nitrogens with two attached hydrogens (primary N) is 1. The number of hydrazine groups is 1. The number of nitrogens with zero attached hydrogens (tertiary/aromatic N) is 2. The second-order valence-corrected chi connectivity index (χ2v) is 8.46. The maximum Gasteiger partial charge on any atom is 0.128 e. The van der Waals surface area contributed by atoms with Crippen LogP contribution in [0.4, 0.5) is 5.82 Å². The van der Waals surface area contributed by atoms with E-state index in [4.69, 9.17) is 15.6 Å². The minimum atomic E-state index is -0.276. The second kappa shape index (κ2) is 9.61. The zero-order valence-electron chi connectivity index (χ0n) is 17.9. The Balaban J connectivity index is 1.64. The van der Waals surface area contributed by atoms with E-state index in [1.807, 2.05) is 6.07 Å². The van der Waals surface area contributed by atoms with E-state index in [2.05, 4.69) is 58.6 Å². The third-order valence-electron chi connectivity index (χ3n) is 6.40. The number of rotatable bonds is 5. The van der Waals surface area contributed by atoms with Crippen LogP contribution in [0.2, 0.25) is 0 Å². The van der Waals surface area contributed by atoms with Gasteiger partial charge in [-0.25, -0.2) is 10.4 Å². The first-order valence-corrected chi connectivity index (χ1v) is 11.0. The predicted octanol–water partition coefficient (Wildman–Crippen LogP) is 3.42. The minimum absolute atomic E-state index is 0.276. The molecule has 0 spiro atoms. The molecule has 2 aliphatic rings. The number of ether oxygens (including phenoxy) is 1. The van der Waals surface area contributed by atoms with E-state index in [0.29, 0.717) is 0 Å². The van der Waals surface area contributed by atoms with E-state index < -0.39 is 0 Å². The second-order valence-electron chi connectivity index (χ2n) is 8.46. The van der Waals surface area contributed by atoms with Crippen LogP contribution < -0.4 is 16.2 Å². The van der Waals surface area contributed by atoms with E-state index in [-0.39, 0.29) is 11.6 Å². The van der Waals surface area contributed by atoms with Crippen LogP contribution >= 0.6 is 0 Å². The van der Waals surface area contributed by atoms with Gasteiger partial charge in [-0.15, -0.1) is 0 Å². The van der Waals surface area contributed by atoms with Crippen molar-refractivity contribution in [3.05, 3.63) is 59.3 Å². The number of benzene rings is 1. The molecule has 1 saturated carbocycles. The summed E-state index contributed by atoms with van der Waals surface area (Å²) >= 11 is 0. The summed E-state index contributed by atoms with van der Waals surface area (Å²) in [7, 11) is 1.79. The highest BCUT2D eigenvalue weighted by molar-refractivity contribution is 5.50. The van der Waals surface area contributed by atoms with Crippen molar-refractivity contribution >= 4 is 5.82 Å². The van der Waals surface area contributed by atoms with Gasteiger partial charge in [0.15, 0.2) is 0 Å². The Morgan fingerprint density at radius 3 is 2.67 bits per heavy atom. The summed E-state index contributed by atoms with van der Waals surface area (Å²) in [6, 6.07) is 14.7. The molecular weight excluding hydrogens is 372 g/mol. The Labute approximate surface area is 180 Å². The Hall–Kier alpha value is -2.39. The van der Waals surface area contributed by atoms with Crippen LogP contribution in [0, 0.1) is 11.8 Å². The lowest BCUT2D eigenvalue weighted by atomic mass is 9.82. The minimum Gasteiger partial charge on any atom is -0.380 e. The van der Waals surface area contributed by atoms with E-state index in [1.54, 1.807) is 7.11 Å². The van der Waals surface area contributed by atoms with Crippen LogP contribution in [0.5, 0.6) is 0 Å². The van der Waals surface area contributed by atoms with Crippen molar-refractivity contribution in [1.82, 2.24) is 10.4 Å². The van der Waals surface area contributed by atoms with Crippen molar-refractivity contribution < 1.29 is 4.74 Å². The summed E-state index contributed by atoms with van der Waals surface area (Å²) in [6.07, 6.45) is 7.70. The zero-order chi connectivity index (χ0) is 20.8. The number of methoxy groups -OCH3 is 1. The summed E-state index contributed by atoms with van der Waals surface area (Å²) in [6.45, 7) is 1.86. The van der Waals surface area contributed by atoms with E-state index >= 15 is 0 Å². The van der Waals surface area contributed by atoms with Crippen LogP contribution in [-0.4, -0.2) is 36.8 Å². The monoisotopic (exact) mass is 404 g/mol. The number of anilines is 1. The fraction of sp³-hybridized carbons (Fsp3) is 0.480. The van der Waals surface area contributed by atoms with Crippen molar-refractivity contribution in [3.8, 4) is 11.8 Å². The molecule has 4 rings (SSSR count). The molecule has 0 unspecified atom stereocenters. The van der Waals surface area contributed by atoms with Gasteiger partial charge in [-0.1, -0.05) is 61.4 Å². The maximum absolute atomic E-state index is 5.91. The first-order valence-electron chi connectivity index (χ1n) is 11.0. The fourth-order valence-corrected chi connectivity index (χ4v) is 4.48. The quantitative estimate of drug-likeness (QED) is 0.454. The molecule has 0 radical (unpaired) electrons. The number of nitrogens with one attached hydrogen (secondary N) is 1. The lowest BCUT2D eigenvalue weighted by Crippen LogP contribution is -2.49. The molecule has 1 aromatic carbocycles. The van der Waals surface area contributed by atoms with Crippen LogP contribution in [0.3, 0.4) is 0 Å². The molecule has 1 aliphatic heterocycles. The van der Waals surface area contributed by atoms with Gasteiger partial charge in [0.05, 0.1) is 17.3 Å². The summed E-state index contributed by atoms with van der Waals surface area (Å²) in [5.41, 5.74) is 5.99. The molecule has 2 fully saturated rings. The molecule has 1 saturated heterocycles. The van der Waals surface area contributed by atoms with Crippen molar-refractivity contribution in [2.24, 2.45) is 5.84 Å². The Morgan fingerprint density at radius 2 is 1.97 bits per heavy atom. The van der Waals surface area contributed by atoms with Gasteiger partial charge >= 0.3 is 0 Å². The van der Waals surface area contributed by atoms with Gasteiger partial charge in [0.25, 0.3) is 0 Å². The van der Waals surface area contributed by atoms with Gasteiger partial charge < -0.3 is 9.64 Å². The van der Waals surface area contributed by atoms with Crippen LogP contribution in [0.25, 0.3) is 0 Å². The summed E-state index contributed by atoms with van der Waals surface area (Å²) in [5.74, 6) is 13.8. The highest BCUT2D eigenvalue weighted by Crippen LogP contribution is 2.27. The van der Waals surface area contributed by atoms with Gasteiger partial charge in [0.1, 0.15) is 5.82 Å². The third kappa shape index (κ3) is 4.84. The van der Waals surface area contributed by atoms with Gasteiger partial charge in [0, 0.05) is 32.2 Å². The van der Waals surface area contributed by atoms with E-state index in [9.17, 15) is 0 Å². The molecule has 0 bridgehead atoms. The molecule has 2 aromatic rings. The molecule has 5 heteroatoms. The molecular formula is C25H32N4O. The zero-order valence-corrected chi connectivity index (χ0v) is 17.9. The van der Waals surface area contributed by atoms with Crippen LogP contribution in [-0.2, 0) is 11.2 Å². The van der Waals surface area contributed by atoms with E-state index in [1.165, 1.54) is 24.8 Å². The standard InChI is InChI=1S/C25H32N4O/c1-30-22-13-17-29(19-22)24-11-10-21(12-16-25(28-26)14-6-3-7-15-25)23(27-24)18-20-8-4-2-5-9-20/h2,4-5,8-11,22,28H,3,6-7,13-15,17-19,26H2,1H3/t22-/m0/s1. The Morgan fingerprint density at radius 1 is 1.17 bits per heavy atom. The lowest BCUT2D eigenvalue weighted by molar-refractivity contribution is 0.121. The first-order chi connectivity index (χ1) is 14.7. The normalized spacial score (nSPS) is 20.6. The number of hydrogen-bond donors (Lipinski definition) is 2. The molecule has 5 nitrogen and oxygen atoms in total. The third-order valence-corrected chi connectivity index (χ3v) is 6.40. The molecule has 2 heterocycles. The summed E-state index contributed by atoms with van der Waals surface area (Å²) in [5, 5.41) is 0. The van der Waals surface area contributed by atoms with Gasteiger partial charge in [-0.05, 0) is 37.0 Å². The smallest absolute Gasteiger partial charge is 0.128 e. The Bertz CT molecular complexity index is 896. The predicted molar refractivity (Wildman–Crippen MR) is 121 cm³/mol. The maximum atomic E-state index is 5.91. The SMILES string of the molecule is CO[C@H]1CCN(c2ccc(C#CC3(NN)CCCCC3)c(Cc3ccccc3)n2)C1. The molecule has 158 valence electrons. The first kappa shape index (κ1) is 20.9. The number of pyridine rings is 1. The van der Waals surface area contributed by atoms with Crippen molar-refractivity contribution in [3.63, 3.8) is 0 Å². The average molecular weight is 405 g/mol. The van der Waals surface area contributed by atoms with Gasteiger partial charge in [-0.2, -0.15) is 0 Å². The van der Waals surface area contributed by atoms with E-state index in [0.717, 1.165) is 55.8 Å². The van der Waals surface area contributed by atoms with Crippen molar-refractivity contribution in [2.45, 2.75) is 56.6 Å². The topological polar surface area (TPSA) is 63.4 Å². The largest absolute Gasteiger partial charge is 0.380 e. The Kier molecular flexibility index (Phi) is 6.69. The summed E-state index contributed by atoms with van der Waals surface area (Å²) < 4.78 is 5.53. The molecule has 1 atom stereocenters. The average Bonchev–Trinajstić information content (AvgIpc) is 3.29. The summed E-state index contributed by atoms with van der Waals surface area (Å²) in [4.78, 5) is 7.36. The highest BCUT2D eigenvalue weighted by Gasteiger charge is 2.28. The number of aromatic nitrogens is 1. The molecule has 30 heavy (non-hydrogen) atoms. The molecule has 3 N–H and O–H groups in total. The number of hydrogen-bond acceptors (Lipinski definition) is 5. The molecule has 1 aromatic heterocycles.